The van der Waals surface area contributed by atoms with Gasteiger partial charge in [0.2, 0.25) is 0 Å². The van der Waals surface area contributed by atoms with Gasteiger partial charge in [-0.2, -0.15) is 0 Å². The maximum atomic E-state index is 9.36. The highest BCUT2D eigenvalue weighted by molar-refractivity contribution is 6.30. The lowest BCUT2D eigenvalue weighted by Crippen LogP contribution is -2.34. The summed E-state index contributed by atoms with van der Waals surface area (Å²) in [6.45, 7) is 2.89. The minimum absolute atomic E-state index is 0.322. The highest BCUT2D eigenvalue weighted by atomic mass is 35.5. The minimum Gasteiger partial charge on any atom is -0.508 e. The molecule has 1 aliphatic rings. The van der Waals surface area contributed by atoms with E-state index >= 15 is 0 Å². The van der Waals surface area contributed by atoms with Crippen LogP contribution in [0.25, 0.3) is 0 Å². The first-order chi connectivity index (χ1) is 11.2. The number of halogens is 1. The second kappa shape index (κ2) is 7.60. The second-order valence-corrected chi connectivity index (χ2v) is 6.47. The van der Waals surface area contributed by atoms with Gasteiger partial charge < -0.3 is 14.7 Å². The van der Waals surface area contributed by atoms with Gasteiger partial charge in [0, 0.05) is 23.8 Å². The molecule has 23 heavy (non-hydrogen) atoms. The molecule has 0 aliphatic carbocycles. The van der Waals surface area contributed by atoms with Crippen molar-refractivity contribution >= 4 is 17.3 Å². The van der Waals surface area contributed by atoms with E-state index in [2.05, 4.69) is 4.90 Å². The fraction of sp³-hybridized carbons (Fsp3) is 0.368. The van der Waals surface area contributed by atoms with Crippen molar-refractivity contribution in [2.45, 2.75) is 19.3 Å². The first-order valence-corrected chi connectivity index (χ1v) is 8.51. The van der Waals surface area contributed by atoms with Crippen LogP contribution in [-0.2, 0) is 0 Å². The molecule has 0 radical (unpaired) electrons. The molecule has 2 aromatic carbocycles. The van der Waals surface area contributed by atoms with Crippen LogP contribution in [0.3, 0.4) is 0 Å². The summed E-state index contributed by atoms with van der Waals surface area (Å²) in [7, 11) is 0. The molecule has 122 valence electrons. The van der Waals surface area contributed by atoms with Crippen molar-refractivity contribution in [3.05, 3.63) is 53.6 Å². The van der Waals surface area contributed by atoms with E-state index in [9.17, 15) is 5.11 Å². The SMILES string of the molecule is Oc1ccc(N2CCC(CCOc3ccc(Cl)cc3)CC2)cc1. The van der Waals surface area contributed by atoms with Gasteiger partial charge in [-0.25, -0.2) is 0 Å². The molecule has 3 rings (SSSR count). The predicted octanol–water partition coefficient (Wildman–Crippen LogP) is 4.73. The molecule has 0 amide bonds. The number of ether oxygens (including phenoxy) is 1. The summed E-state index contributed by atoms with van der Waals surface area (Å²) < 4.78 is 5.79. The smallest absolute Gasteiger partial charge is 0.119 e. The number of anilines is 1. The molecule has 0 spiro atoms. The number of hydrogen-bond donors (Lipinski definition) is 1. The van der Waals surface area contributed by atoms with Crippen molar-refractivity contribution in [2.75, 3.05) is 24.6 Å². The molecular formula is C19H22ClNO2. The van der Waals surface area contributed by atoms with Crippen LogP contribution >= 0.6 is 11.6 Å². The molecule has 3 nitrogen and oxygen atoms in total. The molecule has 0 bridgehead atoms. The number of benzene rings is 2. The van der Waals surface area contributed by atoms with E-state index in [1.165, 1.54) is 18.5 Å². The molecular weight excluding hydrogens is 310 g/mol. The molecule has 1 N–H and O–H groups in total. The zero-order valence-electron chi connectivity index (χ0n) is 13.1. The molecule has 1 saturated heterocycles. The summed E-state index contributed by atoms with van der Waals surface area (Å²) in [5.74, 6) is 1.93. The van der Waals surface area contributed by atoms with Crippen LogP contribution in [0, 0.1) is 5.92 Å². The summed E-state index contributed by atoms with van der Waals surface area (Å²) in [6, 6.07) is 15.0. The van der Waals surface area contributed by atoms with Crippen LogP contribution in [-0.4, -0.2) is 24.8 Å². The number of hydrogen-bond acceptors (Lipinski definition) is 3. The highest BCUT2D eigenvalue weighted by Gasteiger charge is 2.19. The van der Waals surface area contributed by atoms with Gasteiger partial charge in [-0.3, -0.25) is 0 Å². The van der Waals surface area contributed by atoms with Gasteiger partial charge in [0.05, 0.1) is 6.61 Å². The van der Waals surface area contributed by atoms with E-state index in [4.69, 9.17) is 16.3 Å². The normalized spacial score (nSPS) is 15.6. The number of phenols is 1. The van der Waals surface area contributed by atoms with Gasteiger partial charge in [-0.15, -0.1) is 0 Å². The number of rotatable bonds is 5. The number of aromatic hydroxyl groups is 1. The monoisotopic (exact) mass is 331 g/mol. The summed E-state index contributed by atoms with van der Waals surface area (Å²) in [5.41, 5.74) is 1.19. The molecule has 0 unspecified atom stereocenters. The van der Waals surface area contributed by atoms with Crippen LogP contribution in [0.15, 0.2) is 48.5 Å². The van der Waals surface area contributed by atoms with Gasteiger partial charge in [-0.05, 0) is 73.7 Å². The Hall–Kier alpha value is -1.87. The van der Waals surface area contributed by atoms with E-state index in [-0.39, 0.29) is 0 Å². The van der Waals surface area contributed by atoms with Gasteiger partial charge in [0.1, 0.15) is 11.5 Å². The first-order valence-electron chi connectivity index (χ1n) is 8.13. The van der Waals surface area contributed by atoms with Crippen LogP contribution in [0.4, 0.5) is 5.69 Å². The Morgan fingerprint density at radius 3 is 2.30 bits per heavy atom. The molecule has 1 fully saturated rings. The average molecular weight is 332 g/mol. The fourth-order valence-corrected chi connectivity index (χ4v) is 3.14. The molecule has 0 saturated carbocycles. The zero-order chi connectivity index (χ0) is 16.1. The summed E-state index contributed by atoms with van der Waals surface area (Å²) in [6.07, 6.45) is 3.46. The fourth-order valence-electron chi connectivity index (χ4n) is 3.02. The maximum Gasteiger partial charge on any atom is 0.119 e. The molecule has 1 heterocycles. The van der Waals surface area contributed by atoms with Gasteiger partial charge in [0.25, 0.3) is 0 Å². The first kappa shape index (κ1) is 16.0. The Kier molecular flexibility index (Phi) is 5.29. The summed E-state index contributed by atoms with van der Waals surface area (Å²) >= 11 is 5.87. The molecule has 2 aromatic rings. The number of nitrogens with zero attached hydrogens (tertiary/aromatic N) is 1. The minimum atomic E-state index is 0.322. The van der Waals surface area contributed by atoms with Crippen molar-refractivity contribution in [3.63, 3.8) is 0 Å². The maximum absolute atomic E-state index is 9.36. The second-order valence-electron chi connectivity index (χ2n) is 6.04. The topological polar surface area (TPSA) is 32.7 Å². The standard InChI is InChI=1S/C19H22ClNO2/c20-16-1-7-19(8-2-16)23-14-11-15-9-12-21(13-10-15)17-3-5-18(22)6-4-17/h1-8,15,22H,9-14H2. The van der Waals surface area contributed by atoms with Crippen LogP contribution in [0.2, 0.25) is 5.02 Å². The quantitative estimate of drug-likeness (QED) is 0.859. The van der Waals surface area contributed by atoms with Crippen LogP contribution in [0.5, 0.6) is 11.5 Å². The Morgan fingerprint density at radius 1 is 1.00 bits per heavy atom. The molecule has 0 atom stereocenters. The predicted molar refractivity (Wildman–Crippen MR) is 94.6 cm³/mol. The third-order valence-electron chi connectivity index (χ3n) is 4.44. The zero-order valence-corrected chi connectivity index (χ0v) is 13.9. The van der Waals surface area contributed by atoms with Gasteiger partial charge in [0.15, 0.2) is 0 Å². The lowest BCUT2D eigenvalue weighted by Gasteiger charge is -2.33. The summed E-state index contributed by atoms with van der Waals surface area (Å²) in [4.78, 5) is 2.38. The van der Waals surface area contributed by atoms with Crippen molar-refractivity contribution in [3.8, 4) is 11.5 Å². The van der Waals surface area contributed by atoms with Crippen LogP contribution < -0.4 is 9.64 Å². The van der Waals surface area contributed by atoms with Crippen molar-refractivity contribution in [1.29, 1.82) is 0 Å². The third kappa shape index (κ3) is 4.55. The highest BCUT2D eigenvalue weighted by Crippen LogP contribution is 2.26. The van der Waals surface area contributed by atoms with E-state index in [1.54, 1.807) is 12.1 Å². The van der Waals surface area contributed by atoms with E-state index in [0.717, 1.165) is 42.8 Å². The average Bonchev–Trinajstić information content (AvgIpc) is 2.58. The molecule has 1 aliphatic heterocycles. The number of phenolic OH excluding ortho intramolecular Hbond substituents is 1. The van der Waals surface area contributed by atoms with E-state index in [0.29, 0.717) is 5.75 Å². The molecule has 4 heteroatoms. The van der Waals surface area contributed by atoms with Crippen LogP contribution in [0.1, 0.15) is 19.3 Å². The van der Waals surface area contributed by atoms with Gasteiger partial charge in [-0.1, -0.05) is 11.6 Å². The third-order valence-corrected chi connectivity index (χ3v) is 4.69. The lowest BCUT2D eigenvalue weighted by molar-refractivity contribution is 0.258. The largest absolute Gasteiger partial charge is 0.508 e. The van der Waals surface area contributed by atoms with Crippen molar-refractivity contribution in [2.24, 2.45) is 5.92 Å². The van der Waals surface area contributed by atoms with Gasteiger partial charge >= 0.3 is 0 Å². The lowest BCUT2D eigenvalue weighted by atomic mass is 9.93. The Morgan fingerprint density at radius 2 is 1.65 bits per heavy atom. The van der Waals surface area contributed by atoms with Crippen molar-refractivity contribution < 1.29 is 9.84 Å². The Bertz CT molecular complexity index is 602. The Balaban J connectivity index is 1.40. The Labute approximate surface area is 142 Å². The summed E-state index contributed by atoms with van der Waals surface area (Å²) in [5, 5.41) is 10.1. The number of piperidine rings is 1. The van der Waals surface area contributed by atoms with E-state index in [1.807, 2.05) is 36.4 Å². The van der Waals surface area contributed by atoms with E-state index < -0.39 is 0 Å². The molecule has 0 aromatic heterocycles. The van der Waals surface area contributed by atoms with Crippen molar-refractivity contribution in [1.82, 2.24) is 0 Å².